The van der Waals surface area contributed by atoms with E-state index in [1.807, 2.05) is 18.2 Å². The van der Waals surface area contributed by atoms with Crippen molar-refractivity contribution in [1.29, 1.82) is 0 Å². The SMILES string of the molecule is COC(=O)c1ccc2[nH]c3c(c2c1)CN(c1ncccn1)CC3. The molecular weight excluding hydrogens is 292 g/mol. The van der Waals surface area contributed by atoms with Gasteiger partial charge in [-0.2, -0.15) is 0 Å². The molecule has 0 unspecified atom stereocenters. The maximum absolute atomic E-state index is 11.8. The van der Waals surface area contributed by atoms with Crippen LogP contribution in [0.25, 0.3) is 10.9 Å². The number of fused-ring (bicyclic) bond motifs is 3. The lowest BCUT2D eigenvalue weighted by Gasteiger charge is -2.27. The van der Waals surface area contributed by atoms with Crippen molar-refractivity contribution in [3.63, 3.8) is 0 Å². The highest BCUT2D eigenvalue weighted by molar-refractivity contribution is 5.96. The van der Waals surface area contributed by atoms with Crippen LogP contribution in [-0.2, 0) is 17.7 Å². The number of hydrogen-bond acceptors (Lipinski definition) is 5. The predicted molar refractivity (Wildman–Crippen MR) is 86.4 cm³/mol. The molecule has 0 radical (unpaired) electrons. The summed E-state index contributed by atoms with van der Waals surface area (Å²) in [7, 11) is 1.40. The second kappa shape index (κ2) is 5.39. The normalized spacial score (nSPS) is 13.9. The van der Waals surface area contributed by atoms with Gasteiger partial charge in [-0.25, -0.2) is 14.8 Å². The molecule has 0 atom stereocenters. The van der Waals surface area contributed by atoms with Gasteiger partial charge in [-0.3, -0.25) is 0 Å². The van der Waals surface area contributed by atoms with Gasteiger partial charge in [0.25, 0.3) is 0 Å². The zero-order valence-electron chi connectivity index (χ0n) is 12.7. The van der Waals surface area contributed by atoms with E-state index in [9.17, 15) is 4.79 Å². The number of aromatic nitrogens is 3. The second-order valence-corrected chi connectivity index (χ2v) is 5.55. The van der Waals surface area contributed by atoms with Gasteiger partial charge in [0.05, 0.1) is 12.7 Å². The Bertz CT molecular complexity index is 873. The highest BCUT2D eigenvalue weighted by atomic mass is 16.5. The average Bonchev–Trinajstić information content (AvgIpc) is 2.98. The van der Waals surface area contributed by atoms with Crippen LogP contribution in [0, 0.1) is 0 Å². The Morgan fingerprint density at radius 3 is 2.91 bits per heavy atom. The minimum absolute atomic E-state index is 0.319. The minimum Gasteiger partial charge on any atom is -0.465 e. The maximum Gasteiger partial charge on any atom is 0.337 e. The van der Waals surface area contributed by atoms with E-state index in [0.717, 1.165) is 36.4 Å². The van der Waals surface area contributed by atoms with Crippen LogP contribution in [0.3, 0.4) is 0 Å². The highest BCUT2D eigenvalue weighted by Crippen LogP contribution is 2.29. The van der Waals surface area contributed by atoms with Crippen molar-refractivity contribution in [2.24, 2.45) is 0 Å². The number of aromatic amines is 1. The van der Waals surface area contributed by atoms with E-state index in [4.69, 9.17) is 4.74 Å². The zero-order chi connectivity index (χ0) is 15.8. The quantitative estimate of drug-likeness (QED) is 0.736. The van der Waals surface area contributed by atoms with Crippen LogP contribution in [0.2, 0.25) is 0 Å². The second-order valence-electron chi connectivity index (χ2n) is 5.55. The maximum atomic E-state index is 11.8. The summed E-state index contributed by atoms with van der Waals surface area (Å²) in [5.41, 5.74) is 4.02. The number of anilines is 1. The largest absolute Gasteiger partial charge is 0.465 e. The summed E-state index contributed by atoms with van der Waals surface area (Å²) >= 11 is 0. The number of esters is 1. The Labute approximate surface area is 133 Å². The topological polar surface area (TPSA) is 71.1 Å². The third-order valence-electron chi connectivity index (χ3n) is 4.23. The number of nitrogens with one attached hydrogen (secondary N) is 1. The van der Waals surface area contributed by atoms with Crippen LogP contribution in [0.15, 0.2) is 36.7 Å². The Morgan fingerprint density at radius 2 is 2.13 bits per heavy atom. The van der Waals surface area contributed by atoms with Gasteiger partial charge in [-0.1, -0.05) is 0 Å². The van der Waals surface area contributed by atoms with E-state index < -0.39 is 0 Å². The summed E-state index contributed by atoms with van der Waals surface area (Å²) in [4.78, 5) is 26.0. The van der Waals surface area contributed by atoms with Crippen LogP contribution in [-0.4, -0.2) is 34.6 Å². The number of methoxy groups -OCH3 is 1. The van der Waals surface area contributed by atoms with Crippen LogP contribution >= 0.6 is 0 Å². The lowest BCUT2D eigenvalue weighted by molar-refractivity contribution is 0.0601. The lowest BCUT2D eigenvalue weighted by atomic mass is 10.0. The van der Waals surface area contributed by atoms with E-state index in [0.29, 0.717) is 5.56 Å². The molecule has 1 N–H and O–H groups in total. The van der Waals surface area contributed by atoms with E-state index in [1.54, 1.807) is 18.5 Å². The third kappa shape index (κ3) is 2.32. The summed E-state index contributed by atoms with van der Waals surface area (Å²) in [5.74, 6) is 0.414. The van der Waals surface area contributed by atoms with Crippen molar-refractivity contribution in [3.8, 4) is 0 Å². The van der Waals surface area contributed by atoms with Crippen molar-refractivity contribution in [3.05, 3.63) is 53.5 Å². The molecule has 3 aromatic rings. The summed E-state index contributed by atoms with van der Waals surface area (Å²) in [6, 6.07) is 7.43. The summed E-state index contributed by atoms with van der Waals surface area (Å²) < 4.78 is 4.82. The van der Waals surface area contributed by atoms with Crippen LogP contribution < -0.4 is 4.90 Å². The Morgan fingerprint density at radius 1 is 1.30 bits per heavy atom. The van der Waals surface area contributed by atoms with Crippen molar-refractivity contribution < 1.29 is 9.53 Å². The van der Waals surface area contributed by atoms with Gasteiger partial charge >= 0.3 is 5.97 Å². The molecule has 1 aliphatic heterocycles. The standard InChI is InChI=1S/C17H16N4O2/c1-23-16(22)11-3-4-14-12(9-11)13-10-21(8-5-15(13)20-14)17-18-6-2-7-19-17/h2-4,6-7,9,20H,5,8,10H2,1H3. The summed E-state index contributed by atoms with van der Waals surface area (Å²) in [6.45, 7) is 1.59. The van der Waals surface area contributed by atoms with Gasteiger partial charge in [0, 0.05) is 54.1 Å². The van der Waals surface area contributed by atoms with Crippen LogP contribution in [0.1, 0.15) is 21.6 Å². The number of rotatable bonds is 2. The first-order chi connectivity index (χ1) is 11.3. The number of benzene rings is 1. The summed E-state index contributed by atoms with van der Waals surface area (Å²) in [6.07, 6.45) is 4.40. The molecule has 0 bridgehead atoms. The number of ether oxygens (including phenoxy) is 1. The first-order valence-corrected chi connectivity index (χ1v) is 7.50. The fourth-order valence-electron chi connectivity index (χ4n) is 3.08. The number of nitrogens with zero attached hydrogens (tertiary/aromatic N) is 3. The number of carbonyl (C=O) groups excluding carboxylic acids is 1. The lowest BCUT2D eigenvalue weighted by Crippen LogP contribution is -2.31. The van der Waals surface area contributed by atoms with E-state index in [-0.39, 0.29) is 5.97 Å². The molecule has 0 fully saturated rings. The molecule has 2 aromatic heterocycles. The van der Waals surface area contributed by atoms with Gasteiger partial charge in [0.15, 0.2) is 0 Å². The van der Waals surface area contributed by atoms with Gasteiger partial charge in [0.1, 0.15) is 0 Å². The third-order valence-corrected chi connectivity index (χ3v) is 4.23. The molecular formula is C17H16N4O2. The van der Waals surface area contributed by atoms with Crippen LogP contribution in [0.4, 0.5) is 5.95 Å². The van der Waals surface area contributed by atoms with Gasteiger partial charge in [-0.05, 0) is 24.3 Å². The minimum atomic E-state index is -0.319. The number of H-pyrrole nitrogens is 1. The summed E-state index contributed by atoms with van der Waals surface area (Å²) in [5, 5.41) is 1.06. The molecule has 0 spiro atoms. The van der Waals surface area contributed by atoms with Crippen molar-refractivity contribution >= 4 is 22.8 Å². The number of hydrogen-bond donors (Lipinski definition) is 1. The first kappa shape index (κ1) is 13.8. The molecule has 23 heavy (non-hydrogen) atoms. The van der Waals surface area contributed by atoms with Crippen molar-refractivity contribution in [2.45, 2.75) is 13.0 Å². The number of carbonyl (C=O) groups is 1. The molecule has 0 saturated heterocycles. The molecule has 4 rings (SSSR count). The fraction of sp³-hybridized carbons (Fsp3) is 0.235. The Balaban J connectivity index is 1.75. The fourth-order valence-corrected chi connectivity index (χ4v) is 3.08. The Kier molecular flexibility index (Phi) is 3.22. The molecule has 0 aliphatic carbocycles. The monoisotopic (exact) mass is 308 g/mol. The predicted octanol–water partition coefficient (Wildman–Crippen LogP) is 2.31. The molecule has 6 heteroatoms. The molecule has 6 nitrogen and oxygen atoms in total. The van der Waals surface area contributed by atoms with Gasteiger partial charge < -0.3 is 14.6 Å². The molecule has 3 heterocycles. The molecule has 116 valence electrons. The molecule has 1 aromatic carbocycles. The van der Waals surface area contributed by atoms with Gasteiger partial charge in [0.2, 0.25) is 5.95 Å². The average molecular weight is 308 g/mol. The van der Waals surface area contributed by atoms with E-state index in [1.165, 1.54) is 18.4 Å². The molecule has 1 aliphatic rings. The van der Waals surface area contributed by atoms with Gasteiger partial charge in [-0.15, -0.1) is 0 Å². The first-order valence-electron chi connectivity index (χ1n) is 7.50. The Hall–Kier alpha value is -2.89. The van der Waals surface area contributed by atoms with Crippen molar-refractivity contribution in [1.82, 2.24) is 15.0 Å². The highest BCUT2D eigenvalue weighted by Gasteiger charge is 2.22. The molecule has 0 amide bonds. The van der Waals surface area contributed by atoms with E-state index in [2.05, 4.69) is 19.9 Å². The van der Waals surface area contributed by atoms with E-state index >= 15 is 0 Å². The smallest absolute Gasteiger partial charge is 0.337 e. The van der Waals surface area contributed by atoms with Crippen molar-refractivity contribution in [2.75, 3.05) is 18.6 Å². The van der Waals surface area contributed by atoms with Crippen LogP contribution in [0.5, 0.6) is 0 Å². The zero-order valence-corrected chi connectivity index (χ0v) is 12.7. The molecule has 0 saturated carbocycles.